The molecule has 0 saturated heterocycles. The topological polar surface area (TPSA) is 46.9 Å². The molecule has 6 heteroatoms. The molecule has 0 spiro atoms. The summed E-state index contributed by atoms with van der Waals surface area (Å²) in [6, 6.07) is 6.31. The first-order valence-electron chi connectivity index (χ1n) is 5.70. The van der Waals surface area contributed by atoms with E-state index in [-0.39, 0.29) is 18.3 Å². The number of aryl methyl sites for hydroxylation is 2. The monoisotopic (exact) mass is 325 g/mol. The molecule has 0 bridgehead atoms. The Kier molecular flexibility index (Phi) is 3.99. The lowest BCUT2D eigenvalue weighted by Gasteiger charge is -2.07. The summed E-state index contributed by atoms with van der Waals surface area (Å²) in [5.41, 5.74) is 1.65. The van der Waals surface area contributed by atoms with Crippen molar-refractivity contribution < 1.29 is 9.18 Å². The molecule has 2 rings (SSSR count). The van der Waals surface area contributed by atoms with Gasteiger partial charge in [0, 0.05) is 23.6 Å². The molecule has 19 heavy (non-hydrogen) atoms. The van der Waals surface area contributed by atoms with Gasteiger partial charge in [-0.3, -0.25) is 9.48 Å². The Morgan fingerprint density at radius 2 is 2.21 bits per heavy atom. The minimum atomic E-state index is -0.343. The number of carbonyl (C=O) groups excluding carboxylic acids is 1. The Bertz CT molecular complexity index is 624. The Hall–Kier alpha value is -1.69. The molecule has 1 aromatic carbocycles. The van der Waals surface area contributed by atoms with E-state index in [1.165, 1.54) is 10.7 Å². The van der Waals surface area contributed by atoms with E-state index in [1.807, 2.05) is 6.92 Å². The number of hydrogen-bond acceptors (Lipinski definition) is 2. The number of halogens is 2. The minimum Gasteiger partial charge on any atom is -0.347 e. The van der Waals surface area contributed by atoms with Gasteiger partial charge >= 0.3 is 0 Å². The zero-order valence-electron chi connectivity index (χ0n) is 10.6. The largest absolute Gasteiger partial charge is 0.347 e. The lowest BCUT2D eigenvalue weighted by molar-refractivity contribution is 0.0941. The number of rotatable bonds is 3. The molecule has 0 radical (unpaired) electrons. The van der Waals surface area contributed by atoms with E-state index >= 15 is 0 Å². The fourth-order valence-electron chi connectivity index (χ4n) is 1.77. The number of carbonyl (C=O) groups is 1. The quantitative estimate of drug-likeness (QED) is 0.942. The van der Waals surface area contributed by atoms with Crippen LogP contribution in [-0.4, -0.2) is 15.7 Å². The predicted molar refractivity (Wildman–Crippen MR) is 73.2 cm³/mol. The van der Waals surface area contributed by atoms with Crippen molar-refractivity contribution in [3.8, 4) is 0 Å². The summed E-state index contributed by atoms with van der Waals surface area (Å²) in [4.78, 5) is 11.9. The molecular weight excluding hydrogens is 313 g/mol. The first kappa shape index (κ1) is 13.7. The van der Waals surface area contributed by atoms with Gasteiger partial charge in [0.25, 0.3) is 5.91 Å². The van der Waals surface area contributed by atoms with Gasteiger partial charge in [0.15, 0.2) is 0 Å². The first-order chi connectivity index (χ1) is 8.97. The zero-order valence-corrected chi connectivity index (χ0v) is 12.2. The number of aromatic nitrogens is 2. The van der Waals surface area contributed by atoms with Gasteiger partial charge in [-0.15, -0.1) is 0 Å². The molecule has 4 nitrogen and oxygen atoms in total. The maximum atomic E-state index is 13.5. The number of amides is 1. The van der Waals surface area contributed by atoms with Gasteiger partial charge in [-0.25, -0.2) is 4.39 Å². The molecule has 0 fully saturated rings. The maximum Gasteiger partial charge on any atom is 0.269 e. The second kappa shape index (κ2) is 5.52. The highest BCUT2D eigenvalue weighted by molar-refractivity contribution is 9.10. The van der Waals surface area contributed by atoms with Gasteiger partial charge < -0.3 is 5.32 Å². The predicted octanol–water partition coefficient (Wildman–Crippen LogP) is 2.56. The van der Waals surface area contributed by atoms with Crippen molar-refractivity contribution in [1.82, 2.24) is 15.1 Å². The summed E-state index contributed by atoms with van der Waals surface area (Å²) in [7, 11) is 1.70. The van der Waals surface area contributed by atoms with Gasteiger partial charge in [0.2, 0.25) is 0 Å². The summed E-state index contributed by atoms with van der Waals surface area (Å²) in [5, 5.41) is 6.77. The minimum absolute atomic E-state index is 0.133. The van der Waals surface area contributed by atoms with Crippen LogP contribution >= 0.6 is 15.9 Å². The fraction of sp³-hybridized carbons (Fsp3) is 0.231. The van der Waals surface area contributed by atoms with E-state index in [9.17, 15) is 9.18 Å². The van der Waals surface area contributed by atoms with E-state index in [0.717, 1.165) is 10.2 Å². The van der Waals surface area contributed by atoms with Crippen LogP contribution in [0.2, 0.25) is 0 Å². The fourth-order valence-corrected chi connectivity index (χ4v) is 2.18. The van der Waals surface area contributed by atoms with Crippen LogP contribution in [0.3, 0.4) is 0 Å². The molecule has 0 saturated carbocycles. The van der Waals surface area contributed by atoms with Gasteiger partial charge in [-0.2, -0.15) is 5.10 Å². The number of nitrogens with one attached hydrogen (secondary N) is 1. The summed E-state index contributed by atoms with van der Waals surface area (Å²) in [6.07, 6.45) is 0. The second-order valence-electron chi connectivity index (χ2n) is 4.21. The highest BCUT2D eigenvalue weighted by atomic mass is 79.9. The van der Waals surface area contributed by atoms with Gasteiger partial charge in [0.1, 0.15) is 11.5 Å². The van der Waals surface area contributed by atoms with Crippen LogP contribution in [0.1, 0.15) is 21.7 Å². The van der Waals surface area contributed by atoms with Crippen LogP contribution in [0, 0.1) is 12.7 Å². The molecule has 0 aliphatic carbocycles. The number of benzene rings is 1. The summed E-state index contributed by atoms with van der Waals surface area (Å²) >= 11 is 3.27. The molecule has 0 aliphatic heterocycles. The zero-order chi connectivity index (χ0) is 14.0. The molecule has 1 N–H and O–H groups in total. The van der Waals surface area contributed by atoms with E-state index < -0.39 is 0 Å². The van der Waals surface area contributed by atoms with Crippen molar-refractivity contribution in [1.29, 1.82) is 0 Å². The summed E-state index contributed by atoms with van der Waals surface area (Å²) < 4.78 is 15.8. The van der Waals surface area contributed by atoms with Crippen LogP contribution in [0.25, 0.3) is 0 Å². The lowest BCUT2D eigenvalue weighted by atomic mass is 10.2. The van der Waals surface area contributed by atoms with Crippen molar-refractivity contribution in [2.24, 2.45) is 7.05 Å². The molecule has 2 aromatic rings. The van der Waals surface area contributed by atoms with Crippen molar-refractivity contribution in [2.45, 2.75) is 13.5 Å². The summed E-state index contributed by atoms with van der Waals surface area (Å²) in [5.74, 6) is -0.618. The van der Waals surface area contributed by atoms with Crippen LogP contribution < -0.4 is 5.32 Å². The van der Waals surface area contributed by atoms with Crippen molar-refractivity contribution >= 4 is 21.8 Å². The van der Waals surface area contributed by atoms with E-state index in [0.29, 0.717) is 11.3 Å². The Morgan fingerprint density at radius 3 is 2.84 bits per heavy atom. The van der Waals surface area contributed by atoms with Crippen LogP contribution in [0.5, 0.6) is 0 Å². The standard InChI is InChI=1S/C13H13BrFN3O/c1-8-5-12(18(2)17-8)13(19)16-7-9-6-10(14)3-4-11(9)15/h3-6H,7H2,1-2H3,(H,16,19). The molecule has 0 atom stereocenters. The second-order valence-corrected chi connectivity index (χ2v) is 5.13. The SMILES string of the molecule is Cc1cc(C(=O)NCc2cc(Br)ccc2F)n(C)n1. The van der Waals surface area contributed by atoms with Gasteiger partial charge in [0.05, 0.1) is 5.69 Å². The van der Waals surface area contributed by atoms with Crippen LogP contribution in [0.15, 0.2) is 28.7 Å². The average Bonchev–Trinajstić information content (AvgIpc) is 2.69. The molecular formula is C13H13BrFN3O. The molecule has 1 amide bonds. The number of nitrogens with zero attached hydrogens (tertiary/aromatic N) is 2. The van der Waals surface area contributed by atoms with Crippen LogP contribution in [-0.2, 0) is 13.6 Å². The third-order valence-corrected chi connectivity index (χ3v) is 3.18. The molecule has 1 heterocycles. The lowest BCUT2D eigenvalue weighted by Crippen LogP contribution is -2.25. The molecule has 1 aromatic heterocycles. The maximum absolute atomic E-state index is 13.5. The molecule has 0 unspecified atom stereocenters. The van der Waals surface area contributed by atoms with Crippen LogP contribution in [0.4, 0.5) is 4.39 Å². The first-order valence-corrected chi connectivity index (χ1v) is 6.49. The Morgan fingerprint density at radius 1 is 1.47 bits per heavy atom. The smallest absolute Gasteiger partial charge is 0.269 e. The molecule has 100 valence electrons. The third kappa shape index (κ3) is 3.20. The third-order valence-electron chi connectivity index (χ3n) is 2.68. The average molecular weight is 326 g/mol. The Balaban J connectivity index is 2.08. The summed E-state index contributed by atoms with van der Waals surface area (Å²) in [6.45, 7) is 1.94. The normalized spacial score (nSPS) is 10.5. The van der Waals surface area contributed by atoms with Gasteiger partial charge in [-0.1, -0.05) is 15.9 Å². The molecule has 0 aliphatic rings. The Labute approximate surface area is 118 Å². The van der Waals surface area contributed by atoms with Crippen molar-refractivity contribution in [3.05, 3.63) is 51.5 Å². The van der Waals surface area contributed by atoms with Crippen molar-refractivity contribution in [3.63, 3.8) is 0 Å². The highest BCUT2D eigenvalue weighted by Gasteiger charge is 2.12. The van der Waals surface area contributed by atoms with Crippen molar-refractivity contribution in [2.75, 3.05) is 0 Å². The highest BCUT2D eigenvalue weighted by Crippen LogP contribution is 2.15. The van der Waals surface area contributed by atoms with E-state index in [2.05, 4.69) is 26.3 Å². The number of hydrogen-bond donors (Lipinski definition) is 1. The van der Waals surface area contributed by atoms with Gasteiger partial charge in [-0.05, 0) is 31.2 Å². The van der Waals surface area contributed by atoms with E-state index in [4.69, 9.17) is 0 Å². The van der Waals surface area contributed by atoms with E-state index in [1.54, 1.807) is 25.2 Å².